The van der Waals surface area contributed by atoms with E-state index in [0.717, 1.165) is 27.9 Å². The molecule has 20 heavy (non-hydrogen) atoms. The van der Waals surface area contributed by atoms with Crippen LogP contribution in [0.15, 0.2) is 60.9 Å². The van der Waals surface area contributed by atoms with Crippen LogP contribution in [0, 0.1) is 0 Å². The quantitative estimate of drug-likeness (QED) is 0.572. The molecule has 4 rings (SSSR count). The third kappa shape index (κ3) is 1.62. The highest BCUT2D eigenvalue weighted by atomic mass is 16.3. The van der Waals surface area contributed by atoms with Crippen LogP contribution < -0.4 is 0 Å². The maximum atomic E-state index is 9.57. The molecule has 2 aromatic heterocycles. The van der Waals surface area contributed by atoms with Crippen molar-refractivity contribution in [3.05, 3.63) is 60.9 Å². The van der Waals surface area contributed by atoms with Crippen molar-refractivity contribution in [2.24, 2.45) is 0 Å². The van der Waals surface area contributed by atoms with Gasteiger partial charge < -0.3 is 5.11 Å². The summed E-state index contributed by atoms with van der Waals surface area (Å²) in [5.74, 6) is 0.238. The topological polar surface area (TPSA) is 50.4 Å². The lowest BCUT2D eigenvalue weighted by Gasteiger charge is -1.99. The normalized spacial score (nSPS) is 11.2. The lowest BCUT2D eigenvalue weighted by molar-refractivity contribution is 0.475. The van der Waals surface area contributed by atoms with E-state index in [1.54, 1.807) is 18.3 Å². The molecule has 0 aliphatic heterocycles. The van der Waals surface area contributed by atoms with Crippen LogP contribution in [0.1, 0.15) is 0 Å². The Hall–Kier alpha value is -2.88. The highest BCUT2D eigenvalue weighted by Gasteiger charge is 2.07. The molecule has 2 aromatic carbocycles. The molecule has 0 radical (unpaired) electrons. The van der Waals surface area contributed by atoms with Crippen LogP contribution >= 0.6 is 0 Å². The second-order valence-electron chi connectivity index (χ2n) is 4.65. The molecule has 0 amide bonds. The Morgan fingerprint density at radius 2 is 1.90 bits per heavy atom. The van der Waals surface area contributed by atoms with E-state index in [2.05, 4.69) is 9.97 Å². The number of imidazole rings is 1. The van der Waals surface area contributed by atoms with E-state index < -0.39 is 0 Å². The zero-order valence-corrected chi connectivity index (χ0v) is 10.6. The molecule has 0 aliphatic rings. The van der Waals surface area contributed by atoms with Gasteiger partial charge in [0.2, 0.25) is 0 Å². The Bertz CT molecular complexity index is 927. The Morgan fingerprint density at radius 1 is 1.00 bits per heavy atom. The summed E-state index contributed by atoms with van der Waals surface area (Å²) in [5.41, 5.74) is 4.45. The van der Waals surface area contributed by atoms with Crippen molar-refractivity contribution in [3.63, 3.8) is 0 Å². The monoisotopic (exact) mass is 261 g/mol. The van der Waals surface area contributed by atoms with Crippen LogP contribution in [-0.2, 0) is 0 Å². The molecule has 2 heterocycles. The highest BCUT2D eigenvalue weighted by Crippen LogP contribution is 2.24. The van der Waals surface area contributed by atoms with Gasteiger partial charge in [0, 0.05) is 11.8 Å². The number of phenolic OH excluding ortho intramolecular Hbond substituents is 1. The van der Waals surface area contributed by atoms with E-state index in [4.69, 9.17) is 0 Å². The van der Waals surface area contributed by atoms with Crippen LogP contribution in [0.2, 0.25) is 0 Å². The van der Waals surface area contributed by atoms with Gasteiger partial charge in [0.25, 0.3) is 0 Å². The molecule has 4 aromatic rings. The van der Waals surface area contributed by atoms with Crippen molar-refractivity contribution < 1.29 is 5.11 Å². The SMILES string of the molecule is Oc1cccc(-c2cn3c(cnc4ccccc43)n2)c1. The summed E-state index contributed by atoms with van der Waals surface area (Å²) in [6.45, 7) is 0. The maximum Gasteiger partial charge on any atom is 0.156 e. The Balaban J connectivity index is 2.01. The standard InChI is InChI=1S/C16H11N3O/c20-12-5-3-4-11(8-12)14-10-19-15-7-2-1-6-13(15)17-9-16(19)18-14/h1-10,20H. The maximum absolute atomic E-state index is 9.57. The number of aromatic hydroxyl groups is 1. The number of hydrogen-bond donors (Lipinski definition) is 1. The average Bonchev–Trinajstić information content (AvgIpc) is 2.92. The first-order chi connectivity index (χ1) is 9.81. The van der Waals surface area contributed by atoms with E-state index in [0.29, 0.717) is 0 Å². The molecule has 0 aliphatic carbocycles. The lowest BCUT2D eigenvalue weighted by Crippen LogP contribution is -1.88. The summed E-state index contributed by atoms with van der Waals surface area (Å²) >= 11 is 0. The van der Waals surface area contributed by atoms with Gasteiger partial charge in [-0.3, -0.25) is 9.38 Å². The summed E-state index contributed by atoms with van der Waals surface area (Å²) < 4.78 is 2.02. The molecular weight excluding hydrogens is 250 g/mol. The van der Waals surface area contributed by atoms with Gasteiger partial charge >= 0.3 is 0 Å². The number of phenols is 1. The molecule has 0 bridgehead atoms. The molecule has 4 nitrogen and oxygen atoms in total. The molecule has 0 spiro atoms. The Morgan fingerprint density at radius 3 is 2.80 bits per heavy atom. The fourth-order valence-corrected chi connectivity index (χ4v) is 2.39. The second-order valence-corrected chi connectivity index (χ2v) is 4.65. The third-order valence-corrected chi connectivity index (χ3v) is 3.34. The third-order valence-electron chi connectivity index (χ3n) is 3.34. The number of aromatic nitrogens is 3. The van der Waals surface area contributed by atoms with Crippen LogP contribution in [0.25, 0.3) is 27.9 Å². The smallest absolute Gasteiger partial charge is 0.156 e. The number of nitrogens with zero attached hydrogens (tertiary/aromatic N) is 3. The van der Waals surface area contributed by atoms with E-state index in [1.807, 2.05) is 47.0 Å². The first kappa shape index (κ1) is 11.0. The average molecular weight is 261 g/mol. The number of rotatable bonds is 1. The first-order valence-corrected chi connectivity index (χ1v) is 6.33. The van der Waals surface area contributed by atoms with Gasteiger partial charge in [0.1, 0.15) is 5.75 Å². The molecule has 0 saturated carbocycles. The second kappa shape index (κ2) is 4.06. The predicted molar refractivity (Wildman–Crippen MR) is 77.6 cm³/mol. The van der Waals surface area contributed by atoms with Gasteiger partial charge in [-0.05, 0) is 24.3 Å². The minimum atomic E-state index is 0.238. The van der Waals surface area contributed by atoms with Crippen molar-refractivity contribution in [3.8, 4) is 17.0 Å². The van der Waals surface area contributed by atoms with Crippen molar-refractivity contribution in [1.82, 2.24) is 14.4 Å². The molecule has 0 fully saturated rings. The number of para-hydroxylation sites is 2. The lowest BCUT2D eigenvalue weighted by atomic mass is 10.1. The minimum absolute atomic E-state index is 0.238. The fourth-order valence-electron chi connectivity index (χ4n) is 2.39. The van der Waals surface area contributed by atoms with E-state index in [1.165, 1.54) is 0 Å². The Kier molecular flexibility index (Phi) is 2.23. The van der Waals surface area contributed by atoms with Crippen LogP contribution in [0.4, 0.5) is 0 Å². The van der Waals surface area contributed by atoms with E-state index in [-0.39, 0.29) is 5.75 Å². The molecular formula is C16H11N3O. The highest BCUT2D eigenvalue weighted by molar-refractivity contribution is 5.78. The van der Waals surface area contributed by atoms with Crippen molar-refractivity contribution in [1.29, 1.82) is 0 Å². The van der Waals surface area contributed by atoms with E-state index >= 15 is 0 Å². The van der Waals surface area contributed by atoms with Gasteiger partial charge in [-0.15, -0.1) is 0 Å². The largest absolute Gasteiger partial charge is 0.508 e. The van der Waals surface area contributed by atoms with Gasteiger partial charge in [0.05, 0.1) is 22.9 Å². The predicted octanol–water partition coefficient (Wildman–Crippen LogP) is 3.26. The molecule has 96 valence electrons. The van der Waals surface area contributed by atoms with Gasteiger partial charge in [-0.1, -0.05) is 24.3 Å². The zero-order chi connectivity index (χ0) is 13.5. The van der Waals surface area contributed by atoms with Crippen LogP contribution in [0.5, 0.6) is 5.75 Å². The molecule has 0 atom stereocenters. The summed E-state index contributed by atoms with van der Waals surface area (Å²) in [6.07, 6.45) is 3.72. The molecule has 0 saturated heterocycles. The van der Waals surface area contributed by atoms with Gasteiger partial charge in [-0.25, -0.2) is 4.98 Å². The summed E-state index contributed by atoms with van der Waals surface area (Å²) in [5, 5.41) is 9.57. The van der Waals surface area contributed by atoms with Crippen molar-refractivity contribution in [2.75, 3.05) is 0 Å². The molecule has 0 unspecified atom stereocenters. The number of benzene rings is 2. The van der Waals surface area contributed by atoms with Gasteiger partial charge in [-0.2, -0.15) is 0 Å². The van der Waals surface area contributed by atoms with Crippen molar-refractivity contribution in [2.45, 2.75) is 0 Å². The zero-order valence-electron chi connectivity index (χ0n) is 10.6. The molecule has 1 N–H and O–H groups in total. The van der Waals surface area contributed by atoms with Gasteiger partial charge in [0.15, 0.2) is 5.65 Å². The summed E-state index contributed by atoms with van der Waals surface area (Å²) in [4.78, 5) is 8.96. The van der Waals surface area contributed by atoms with E-state index in [9.17, 15) is 5.11 Å². The molecule has 4 heteroatoms. The number of hydrogen-bond acceptors (Lipinski definition) is 3. The summed E-state index contributed by atoms with van der Waals surface area (Å²) in [7, 11) is 0. The van der Waals surface area contributed by atoms with Crippen LogP contribution in [0.3, 0.4) is 0 Å². The van der Waals surface area contributed by atoms with Crippen molar-refractivity contribution >= 4 is 16.7 Å². The van der Waals surface area contributed by atoms with Crippen LogP contribution in [-0.4, -0.2) is 19.5 Å². The fraction of sp³-hybridized carbons (Fsp3) is 0. The Labute approximate surface area is 115 Å². The number of fused-ring (bicyclic) bond motifs is 3. The minimum Gasteiger partial charge on any atom is -0.508 e. The first-order valence-electron chi connectivity index (χ1n) is 6.33. The summed E-state index contributed by atoms with van der Waals surface area (Å²) in [6, 6.07) is 15.0.